The van der Waals surface area contributed by atoms with Gasteiger partial charge in [0.25, 0.3) is 0 Å². The fourth-order valence-electron chi connectivity index (χ4n) is 1.53. The Morgan fingerprint density at radius 2 is 2.18 bits per heavy atom. The first-order valence-corrected chi connectivity index (χ1v) is 9.41. The minimum absolute atomic E-state index is 0.113. The molecule has 0 saturated carbocycles. The maximum atomic E-state index is 13.0. The molecule has 1 atom stereocenters. The zero-order valence-electron chi connectivity index (χ0n) is 11.0. The van der Waals surface area contributed by atoms with Gasteiger partial charge in [0.15, 0.2) is 0 Å². The summed E-state index contributed by atoms with van der Waals surface area (Å²) in [4.78, 5) is 4.26. The molecule has 0 bridgehead atoms. The van der Waals surface area contributed by atoms with Crippen LogP contribution in [0.2, 0.25) is 0 Å². The van der Waals surface area contributed by atoms with Crippen LogP contribution in [-0.2, 0) is 0 Å². The molecular weight excluding hydrogens is 332 g/mol. The Labute approximate surface area is 115 Å². The second kappa shape index (κ2) is 11.2. The van der Waals surface area contributed by atoms with E-state index < -0.39 is 0 Å². The van der Waals surface area contributed by atoms with E-state index >= 15 is 0 Å². The molecule has 1 N–H and O–H groups in total. The first-order valence-electron chi connectivity index (χ1n) is 6.00. The molecule has 0 aliphatic heterocycles. The third-order valence-corrected chi connectivity index (χ3v) is 3.69. The molecule has 0 saturated heterocycles. The van der Waals surface area contributed by atoms with Crippen LogP contribution in [-0.4, -0.2) is 40.7 Å². The average Bonchev–Trinajstić information content (AvgIpc) is 2.32. The van der Waals surface area contributed by atoms with Crippen LogP contribution in [0.5, 0.6) is 0 Å². The van der Waals surface area contributed by atoms with Gasteiger partial charge in [-0.2, -0.15) is 0 Å². The molecule has 0 aliphatic carbocycles. The van der Waals surface area contributed by atoms with Gasteiger partial charge in [0.2, 0.25) is 0 Å². The predicted octanol–water partition coefficient (Wildman–Crippen LogP) is -0.445. The molecule has 0 unspecified atom stereocenters. The van der Waals surface area contributed by atoms with Gasteiger partial charge in [-0.1, -0.05) is 0 Å². The summed E-state index contributed by atoms with van der Waals surface area (Å²) in [6.07, 6.45) is 5.32. The van der Waals surface area contributed by atoms with Gasteiger partial charge in [-0.3, -0.25) is 0 Å². The number of halogens is 2. The average molecular weight is 356 g/mol. The molecule has 17 heavy (non-hydrogen) atoms. The van der Waals surface area contributed by atoms with E-state index in [0.29, 0.717) is 0 Å². The van der Waals surface area contributed by atoms with Crippen molar-refractivity contribution in [3.63, 3.8) is 0 Å². The van der Waals surface area contributed by atoms with E-state index in [2.05, 4.69) is 11.8 Å². The number of nitrogens with zero attached hydrogens (tertiary/aromatic N) is 1. The van der Waals surface area contributed by atoms with Gasteiger partial charge in [0.05, 0.1) is 0 Å². The number of aliphatic hydroxyl groups excluding tert-OH is 1. The molecule has 0 heterocycles. The van der Waals surface area contributed by atoms with Crippen LogP contribution >= 0.6 is 0 Å². The summed E-state index contributed by atoms with van der Waals surface area (Å²) in [5, 5.41) is 9.12. The van der Waals surface area contributed by atoms with Crippen molar-refractivity contribution >= 4 is 0 Å². The van der Waals surface area contributed by atoms with E-state index in [1.807, 2.05) is 17.9 Å². The van der Waals surface area contributed by atoms with Gasteiger partial charge in [0.1, 0.15) is 0 Å². The first-order chi connectivity index (χ1) is 8.15. The minimum atomic E-state index is -0.119. The van der Waals surface area contributed by atoms with Gasteiger partial charge in [-0.25, -0.2) is 0 Å². The van der Waals surface area contributed by atoms with Crippen LogP contribution in [0.1, 0.15) is 26.7 Å². The van der Waals surface area contributed by atoms with Crippen LogP contribution in [0.3, 0.4) is 0 Å². The fraction of sp³-hybridized carbons (Fsp3) is 0.692. The van der Waals surface area contributed by atoms with Crippen LogP contribution < -0.4 is 21.2 Å². The molecule has 2 nitrogen and oxygen atoms in total. The molecular formula is C13H24FINO-. The maximum absolute atomic E-state index is 13.0. The Balaban J connectivity index is 4.01. The third-order valence-electron chi connectivity index (χ3n) is 2.47. The third kappa shape index (κ3) is 8.74. The molecule has 102 valence electrons. The van der Waals surface area contributed by atoms with Gasteiger partial charge in [-0.05, 0) is 0 Å². The molecule has 0 fully saturated rings. The van der Waals surface area contributed by atoms with Crippen molar-refractivity contribution in [3.8, 4) is 0 Å². The van der Waals surface area contributed by atoms with Crippen LogP contribution in [0, 0.1) is 0 Å². The second-order valence-corrected chi connectivity index (χ2v) is 5.84. The zero-order chi connectivity index (χ0) is 13.1. The van der Waals surface area contributed by atoms with Gasteiger partial charge in [-0.15, -0.1) is 0 Å². The Bertz CT molecular complexity index is 244. The molecule has 0 spiro atoms. The van der Waals surface area contributed by atoms with E-state index in [-0.39, 0.29) is 39.7 Å². The zero-order valence-corrected chi connectivity index (χ0v) is 13.2. The molecule has 0 aliphatic rings. The molecule has 0 amide bonds. The molecule has 0 rings (SSSR count). The van der Waals surface area contributed by atoms with E-state index in [9.17, 15) is 4.39 Å². The summed E-state index contributed by atoms with van der Waals surface area (Å²) in [6.45, 7) is 6.18. The van der Waals surface area contributed by atoms with E-state index in [1.54, 1.807) is 10.2 Å². The van der Waals surface area contributed by atoms with E-state index in [0.717, 1.165) is 25.9 Å². The quantitative estimate of drug-likeness (QED) is 0.344. The summed E-state index contributed by atoms with van der Waals surface area (Å²) in [5.74, 6) is -0.113. The first kappa shape index (κ1) is 17.1. The summed E-state index contributed by atoms with van der Waals surface area (Å²) >= 11 is -0.119. The number of aliphatic hydroxyl groups is 1. The number of allylic oxidation sites excluding steroid dienone is 2. The monoisotopic (exact) mass is 356 g/mol. The molecule has 0 aromatic carbocycles. The van der Waals surface area contributed by atoms with Crippen molar-refractivity contribution in [1.82, 2.24) is 4.90 Å². The predicted molar refractivity (Wildman–Crippen MR) is 67.3 cm³/mol. The summed E-state index contributed by atoms with van der Waals surface area (Å²) in [5.41, 5.74) is 0. The van der Waals surface area contributed by atoms with Gasteiger partial charge >= 0.3 is 115 Å². The Hall–Kier alpha value is 0.0600. The normalized spacial score (nSPS) is 15.1. The summed E-state index contributed by atoms with van der Waals surface area (Å²) in [7, 11) is 0. The Morgan fingerprint density at radius 3 is 2.71 bits per heavy atom. The summed E-state index contributed by atoms with van der Waals surface area (Å²) in [6, 6.07) is 0.185. The fourth-order valence-corrected chi connectivity index (χ4v) is 2.33. The molecule has 0 aromatic rings. The SMILES string of the molecule is CCCN(CC/C=C\C(F)=C/[I-]C)[C@@H](C)CO. The molecule has 4 heteroatoms. The van der Waals surface area contributed by atoms with Crippen molar-refractivity contribution in [1.29, 1.82) is 0 Å². The van der Waals surface area contributed by atoms with Gasteiger partial charge in [0, 0.05) is 0 Å². The van der Waals surface area contributed by atoms with Gasteiger partial charge < -0.3 is 0 Å². The second-order valence-electron chi connectivity index (χ2n) is 3.97. The Kier molecular flexibility index (Phi) is 11.2. The van der Waals surface area contributed by atoms with E-state index in [1.165, 1.54) is 0 Å². The van der Waals surface area contributed by atoms with Crippen molar-refractivity contribution in [2.75, 3.05) is 24.6 Å². The number of hydrogen-bond donors (Lipinski definition) is 1. The van der Waals surface area contributed by atoms with Crippen molar-refractivity contribution in [2.45, 2.75) is 32.7 Å². The van der Waals surface area contributed by atoms with E-state index in [4.69, 9.17) is 5.11 Å². The molecule has 0 radical (unpaired) electrons. The van der Waals surface area contributed by atoms with Crippen molar-refractivity contribution in [2.24, 2.45) is 0 Å². The number of alkyl halides is 1. The standard InChI is InChI=1S/C13H24FINO/c1-4-8-16(12(2)11-17)9-6-5-7-13(14)10-15-3/h5,7,10,12,17H,4,6,8-9,11H2,1-3H3/q-1/b7-5-,13-10+/t12-/m0/s1. The van der Waals surface area contributed by atoms with Crippen LogP contribution in [0.25, 0.3) is 0 Å². The molecule has 0 aromatic heterocycles. The topological polar surface area (TPSA) is 23.5 Å². The van der Waals surface area contributed by atoms with Crippen molar-refractivity contribution in [3.05, 3.63) is 22.1 Å². The summed E-state index contributed by atoms with van der Waals surface area (Å²) < 4.78 is 14.7. The Morgan fingerprint density at radius 1 is 1.47 bits per heavy atom. The van der Waals surface area contributed by atoms with Crippen LogP contribution in [0.4, 0.5) is 4.39 Å². The number of rotatable bonds is 9. The number of hydrogen-bond acceptors (Lipinski definition) is 2. The van der Waals surface area contributed by atoms with Crippen molar-refractivity contribution < 1.29 is 30.7 Å². The van der Waals surface area contributed by atoms with Crippen LogP contribution in [0.15, 0.2) is 22.1 Å².